The fourth-order valence-corrected chi connectivity index (χ4v) is 4.54. The van der Waals surface area contributed by atoms with Crippen LogP contribution in [0.3, 0.4) is 0 Å². The molecule has 2 fully saturated rings. The maximum absolute atomic E-state index is 12.2. The summed E-state index contributed by atoms with van der Waals surface area (Å²) in [6.07, 6.45) is 4.95. The first kappa shape index (κ1) is 16.1. The molecule has 5 heteroatoms. The number of benzene rings is 1. The molecule has 0 radical (unpaired) electrons. The topological polar surface area (TPSA) is 38.8 Å². The first-order valence-corrected chi connectivity index (χ1v) is 8.90. The summed E-state index contributed by atoms with van der Waals surface area (Å²) in [5.41, 5.74) is 1.19. The summed E-state index contributed by atoms with van der Waals surface area (Å²) in [6, 6.07) is 4.66. The van der Waals surface area contributed by atoms with Gasteiger partial charge in [0.15, 0.2) is 11.5 Å². The minimum atomic E-state index is 0.179. The fourth-order valence-electron chi connectivity index (χ4n) is 3.75. The highest BCUT2D eigenvalue weighted by Gasteiger charge is 2.37. The van der Waals surface area contributed by atoms with Gasteiger partial charge in [-0.15, -0.1) is 0 Å². The minimum absolute atomic E-state index is 0.179. The predicted molar refractivity (Wildman–Crippen MR) is 93.6 cm³/mol. The van der Waals surface area contributed by atoms with Crippen LogP contribution in [0.1, 0.15) is 43.7 Å². The molecule has 2 aliphatic rings. The first-order chi connectivity index (χ1) is 10.6. The van der Waals surface area contributed by atoms with Crippen LogP contribution in [-0.2, 0) is 4.79 Å². The Morgan fingerprint density at radius 3 is 2.59 bits per heavy atom. The molecule has 0 bridgehead atoms. The molecule has 3 rings (SSSR count). The van der Waals surface area contributed by atoms with Crippen LogP contribution in [0.25, 0.3) is 0 Å². The van der Waals surface area contributed by atoms with E-state index in [-0.39, 0.29) is 6.04 Å². The summed E-state index contributed by atoms with van der Waals surface area (Å²) >= 11 is 2.34. The Kier molecular flexibility index (Phi) is 4.92. The summed E-state index contributed by atoms with van der Waals surface area (Å²) in [6.45, 7) is 1.09. The molecule has 0 amide bonds. The van der Waals surface area contributed by atoms with E-state index >= 15 is 0 Å². The molecule has 0 saturated carbocycles. The lowest BCUT2D eigenvalue weighted by molar-refractivity contribution is -0.126. The Hall–Kier alpha value is -0.820. The van der Waals surface area contributed by atoms with Crippen molar-refractivity contribution in [2.24, 2.45) is 0 Å². The molecular formula is C17H22INO3. The van der Waals surface area contributed by atoms with E-state index in [4.69, 9.17) is 9.47 Å². The fraction of sp³-hybridized carbons (Fsp3) is 0.588. The van der Waals surface area contributed by atoms with Crippen LogP contribution in [0, 0.1) is 3.57 Å². The van der Waals surface area contributed by atoms with Gasteiger partial charge in [0.2, 0.25) is 0 Å². The van der Waals surface area contributed by atoms with Gasteiger partial charge in [0.25, 0.3) is 0 Å². The maximum Gasteiger partial charge on any atom is 0.161 e. The molecule has 2 saturated heterocycles. The van der Waals surface area contributed by atoms with E-state index in [1.807, 2.05) is 6.07 Å². The number of ketones is 1. The van der Waals surface area contributed by atoms with Gasteiger partial charge >= 0.3 is 0 Å². The van der Waals surface area contributed by atoms with Crippen LogP contribution >= 0.6 is 22.6 Å². The smallest absolute Gasteiger partial charge is 0.161 e. The van der Waals surface area contributed by atoms with Crippen LogP contribution in [0.15, 0.2) is 12.1 Å². The molecule has 2 heterocycles. The molecular weight excluding hydrogens is 393 g/mol. The van der Waals surface area contributed by atoms with Gasteiger partial charge in [0.05, 0.1) is 14.2 Å². The second-order valence-electron chi connectivity index (χ2n) is 6.08. The summed E-state index contributed by atoms with van der Waals surface area (Å²) in [4.78, 5) is 14.7. The van der Waals surface area contributed by atoms with Gasteiger partial charge in [0.1, 0.15) is 5.78 Å². The van der Waals surface area contributed by atoms with Crippen LogP contribution < -0.4 is 9.47 Å². The summed E-state index contributed by atoms with van der Waals surface area (Å²) in [5, 5.41) is 0. The largest absolute Gasteiger partial charge is 0.493 e. The van der Waals surface area contributed by atoms with E-state index < -0.39 is 0 Å². The van der Waals surface area contributed by atoms with E-state index in [2.05, 4.69) is 33.6 Å². The van der Waals surface area contributed by atoms with Crippen LogP contribution in [0.2, 0.25) is 0 Å². The van der Waals surface area contributed by atoms with Crippen molar-refractivity contribution >= 4 is 28.4 Å². The Bertz CT molecular complexity index is 575. The summed E-state index contributed by atoms with van der Waals surface area (Å²) in [5.74, 6) is 1.87. The highest BCUT2D eigenvalue weighted by atomic mass is 127. The summed E-state index contributed by atoms with van der Waals surface area (Å²) in [7, 11) is 3.31. The van der Waals surface area contributed by atoms with Crippen molar-refractivity contribution in [2.75, 3.05) is 20.8 Å². The molecule has 0 aliphatic carbocycles. The molecule has 0 unspecified atom stereocenters. The van der Waals surface area contributed by atoms with Crippen molar-refractivity contribution < 1.29 is 14.3 Å². The molecule has 0 spiro atoms. The maximum atomic E-state index is 12.2. The molecule has 0 aromatic heterocycles. The van der Waals surface area contributed by atoms with Crippen molar-refractivity contribution in [3.63, 3.8) is 0 Å². The Morgan fingerprint density at radius 2 is 1.86 bits per heavy atom. The number of carbonyl (C=O) groups excluding carboxylic acids is 1. The van der Waals surface area contributed by atoms with Gasteiger partial charge < -0.3 is 9.47 Å². The number of ether oxygens (including phenoxy) is 2. The third kappa shape index (κ3) is 2.97. The Balaban J connectivity index is 1.99. The number of Topliss-reactive ketones (excluding diaryl/α,β-unsaturated/α-hetero) is 1. The normalized spacial score (nSPS) is 25.7. The van der Waals surface area contributed by atoms with Gasteiger partial charge in [-0.3, -0.25) is 9.69 Å². The van der Waals surface area contributed by atoms with Crippen molar-refractivity contribution in [2.45, 2.75) is 44.2 Å². The van der Waals surface area contributed by atoms with E-state index in [9.17, 15) is 4.79 Å². The third-order valence-electron chi connectivity index (χ3n) is 4.82. The number of hydrogen-bond donors (Lipinski definition) is 0. The second kappa shape index (κ2) is 6.74. The number of carbonyl (C=O) groups is 1. The SMILES string of the molecule is COc1cc(I)c([C@H]2CC(=O)C[C@@H]3CCCCN32)cc1OC. The molecule has 4 nitrogen and oxygen atoms in total. The van der Waals surface area contributed by atoms with Crippen molar-refractivity contribution in [3.05, 3.63) is 21.3 Å². The predicted octanol–water partition coefficient (Wildman–Crippen LogP) is 3.57. The van der Waals surface area contributed by atoms with Crippen LogP contribution in [-0.4, -0.2) is 37.5 Å². The standard InChI is InChI=1S/C17H22INO3/c1-21-16-9-13(14(18)10-17(16)22-2)15-8-12(20)7-11-5-3-4-6-19(11)15/h9-11,15H,3-8H2,1-2H3/t11-,15+/m0/s1. The highest BCUT2D eigenvalue weighted by molar-refractivity contribution is 14.1. The average molecular weight is 415 g/mol. The zero-order valence-corrected chi connectivity index (χ0v) is 15.3. The molecule has 2 atom stereocenters. The van der Waals surface area contributed by atoms with Crippen LogP contribution in [0.4, 0.5) is 0 Å². The lowest BCUT2D eigenvalue weighted by atomic mass is 9.85. The zero-order valence-electron chi connectivity index (χ0n) is 13.1. The quantitative estimate of drug-likeness (QED) is 0.708. The van der Waals surface area contributed by atoms with E-state index in [0.717, 1.165) is 34.5 Å². The van der Waals surface area contributed by atoms with E-state index in [1.54, 1.807) is 14.2 Å². The molecule has 120 valence electrons. The first-order valence-electron chi connectivity index (χ1n) is 7.83. The number of rotatable bonds is 3. The lowest BCUT2D eigenvalue weighted by Gasteiger charge is -2.44. The van der Waals surface area contributed by atoms with E-state index in [1.165, 1.54) is 18.4 Å². The minimum Gasteiger partial charge on any atom is -0.493 e. The van der Waals surface area contributed by atoms with Crippen molar-refractivity contribution in [1.29, 1.82) is 0 Å². The van der Waals surface area contributed by atoms with E-state index in [0.29, 0.717) is 18.2 Å². The zero-order chi connectivity index (χ0) is 15.7. The van der Waals surface area contributed by atoms with Gasteiger partial charge in [-0.05, 0) is 59.7 Å². The number of piperidine rings is 2. The third-order valence-corrected chi connectivity index (χ3v) is 5.75. The number of fused-ring (bicyclic) bond motifs is 1. The number of nitrogens with zero attached hydrogens (tertiary/aromatic N) is 1. The van der Waals surface area contributed by atoms with Crippen LogP contribution in [0.5, 0.6) is 11.5 Å². The lowest BCUT2D eigenvalue weighted by Crippen LogP contribution is -2.47. The molecule has 1 aromatic carbocycles. The van der Waals surface area contributed by atoms with Crippen molar-refractivity contribution in [3.8, 4) is 11.5 Å². The number of methoxy groups -OCH3 is 2. The van der Waals surface area contributed by atoms with Gasteiger partial charge in [0, 0.05) is 28.5 Å². The Morgan fingerprint density at radius 1 is 1.14 bits per heavy atom. The number of halogens is 1. The van der Waals surface area contributed by atoms with Gasteiger partial charge in [-0.1, -0.05) is 6.42 Å². The average Bonchev–Trinajstić information content (AvgIpc) is 2.53. The van der Waals surface area contributed by atoms with Crippen molar-refractivity contribution in [1.82, 2.24) is 4.90 Å². The van der Waals surface area contributed by atoms with Gasteiger partial charge in [-0.2, -0.15) is 0 Å². The molecule has 22 heavy (non-hydrogen) atoms. The monoisotopic (exact) mass is 415 g/mol. The molecule has 2 aliphatic heterocycles. The van der Waals surface area contributed by atoms with Gasteiger partial charge in [-0.25, -0.2) is 0 Å². The molecule has 1 aromatic rings. The highest BCUT2D eigenvalue weighted by Crippen LogP contribution is 2.42. The summed E-state index contributed by atoms with van der Waals surface area (Å²) < 4.78 is 12.0. The Labute approximate surface area is 145 Å². The number of hydrogen-bond acceptors (Lipinski definition) is 4. The second-order valence-corrected chi connectivity index (χ2v) is 7.24. The molecule has 0 N–H and O–H groups in total.